The van der Waals surface area contributed by atoms with Crippen molar-refractivity contribution in [2.45, 2.75) is 11.5 Å². The Morgan fingerprint density at radius 2 is 1.62 bits per heavy atom. The molecule has 1 amide bonds. The normalized spacial score (nSPS) is 11.2. The average Bonchev–Trinajstić information content (AvgIpc) is 2.72. The van der Waals surface area contributed by atoms with Gasteiger partial charge in [-0.2, -0.15) is 0 Å². The molecule has 0 aromatic heterocycles. The van der Waals surface area contributed by atoms with Gasteiger partial charge in [0.1, 0.15) is 0 Å². The summed E-state index contributed by atoms with van der Waals surface area (Å²) in [6, 6.07) is 19.5. The fourth-order valence-corrected chi connectivity index (χ4v) is 4.71. The van der Waals surface area contributed by atoms with Crippen LogP contribution in [-0.4, -0.2) is 28.0 Å². The van der Waals surface area contributed by atoms with Gasteiger partial charge in [-0.3, -0.25) is 0 Å². The van der Waals surface area contributed by atoms with Crippen molar-refractivity contribution < 1.29 is 22.7 Å². The number of methoxy groups -OCH3 is 1. The summed E-state index contributed by atoms with van der Waals surface area (Å²) in [6.07, 6.45) is -4.34. The summed E-state index contributed by atoms with van der Waals surface area (Å²) in [6.45, 7) is 0. The van der Waals surface area contributed by atoms with Gasteiger partial charge in [0.15, 0.2) is 0 Å². The van der Waals surface area contributed by atoms with Gasteiger partial charge in [0, 0.05) is 0 Å². The van der Waals surface area contributed by atoms with Crippen LogP contribution in [0.1, 0.15) is 21.5 Å². The third-order valence-electron chi connectivity index (χ3n) is 4.16. The monoisotopic (exact) mass is 465 g/mol. The van der Waals surface area contributed by atoms with Gasteiger partial charge in [-0.25, -0.2) is 0 Å². The maximum atomic E-state index is 12.7. The minimum atomic E-state index is -4.34. The third kappa shape index (κ3) is 5.62. The van der Waals surface area contributed by atoms with Crippen LogP contribution in [0.15, 0.2) is 72.8 Å². The van der Waals surface area contributed by atoms with Gasteiger partial charge in [0.05, 0.1) is 0 Å². The van der Waals surface area contributed by atoms with Crippen molar-refractivity contribution in [3.63, 3.8) is 0 Å². The molecule has 0 saturated carbocycles. The molecule has 3 nitrogen and oxygen atoms in total. The number of alkyl halides is 3. The predicted molar refractivity (Wildman–Crippen MR) is 108 cm³/mol. The molecule has 0 radical (unpaired) electrons. The summed E-state index contributed by atoms with van der Waals surface area (Å²) in [5.41, 5.74) is 1.37. The summed E-state index contributed by atoms with van der Waals surface area (Å²) in [5.74, 6) is 0.475. The molecule has 0 atom stereocenters. The molecule has 0 aliphatic heterocycles. The fraction of sp³-hybridized carbons (Fsp3) is 0.136. The molecule has 0 saturated heterocycles. The van der Waals surface area contributed by atoms with Crippen molar-refractivity contribution >= 4 is 31.0 Å². The van der Waals surface area contributed by atoms with Crippen LogP contribution in [0.2, 0.25) is 0 Å². The van der Waals surface area contributed by atoms with Crippen molar-refractivity contribution in [1.82, 2.24) is 0 Å². The zero-order valence-electron chi connectivity index (χ0n) is 15.5. The van der Waals surface area contributed by atoms with E-state index in [2.05, 4.69) is 5.32 Å². The van der Waals surface area contributed by atoms with Crippen LogP contribution in [0.4, 0.5) is 18.9 Å². The zero-order valence-corrected chi connectivity index (χ0v) is 17.2. The molecule has 0 aliphatic rings. The quantitative estimate of drug-likeness (QED) is 0.546. The Hall–Kier alpha value is -2.76. The summed E-state index contributed by atoms with van der Waals surface area (Å²) in [7, 11) is 1.57. The van der Waals surface area contributed by atoms with E-state index in [0.29, 0.717) is 22.3 Å². The molecule has 0 fully saturated rings. The maximum absolute atomic E-state index is 12.7. The van der Waals surface area contributed by atoms with Crippen LogP contribution in [0, 0.1) is 0 Å². The number of hydrogen-bond donors (Lipinski definition) is 1. The number of hydrogen-bond acceptors (Lipinski definition) is 2. The summed E-state index contributed by atoms with van der Waals surface area (Å²) in [5, 5.41) is 3.46. The van der Waals surface area contributed by atoms with Crippen LogP contribution in [-0.2, 0) is 11.5 Å². The number of rotatable bonds is 6. The third-order valence-corrected chi connectivity index (χ3v) is 6.56. The van der Waals surface area contributed by atoms with Crippen LogP contribution in [0.3, 0.4) is 0 Å². The SMILES string of the molecule is COc1ccc(NC(=O)c2ccccc2[Se]Cc2ccc(C(F)(F)F)cc2)cc1. The second kappa shape index (κ2) is 9.16. The first kappa shape index (κ1) is 21.0. The summed E-state index contributed by atoms with van der Waals surface area (Å²) in [4.78, 5) is 12.7. The molecule has 0 unspecified atom stereocenters. The van der Waals surface area contributed by atoms with Gasteiger partial charge < -0.3 is 0 Å². The van der Waals surface area contributed by atoms with Crippen molar-refractivity contribution in [3.8, 4) is 5.75 Å². The molecule has 3 rings (SSSR count). The molecular weight excluding hydrogens is 446 g/mol. The first-order valence-electron chi connectivity index (χ1n) is 8.70. The Balaban J connectivity index is 1.68. The van der Waals surface area contributed by atoms with Crippen molar-refractivity contribution in [1.29, 1.82) is 0 Å². The second-order valence-corrected chi connectivity index (χ2v) is 8.30. The Morgan fingerprint density at radius 3 is 2.24 bits per heavy atom. The second-order valence-electron chi connectivity index (χ2n) is 6.16. The van der Waals surface area contributed by atoms with E-state index in [0.717, 1.165) is 22.2 Å². The van der Waals surface area contributed by atoms with E-state index in [-0.39, 0.29) is 20.9 Å². The number of nitrogens with one attached hydrogen (secondary N) is 1. The molecule has 0 spiro atoms. The molecule has 0 bridgehead atoms. The standard InChI is InChI=1S/C22H18F3NO2Se/c1-28-18-12-10-17(11-13-18)26-21(27)19-4-2-3-5-20(19)29-14-15-6-8-16(9-7-15)22(23,24)25/h2-13H,14H2,1H3,(H,26,27). The molecule has 1 N–H and O–H groups in total. The summed E-state index contributed by atoms with van der Waals surface area (Å²) >= 11 is -0.104. The molecule has 7 heteroatoms. The molecule has 3 aromatic carbocycles. The molecule has 0 aliphatic carbocycles. The Labute approximate surface area is 173 Å². The van der Waals surface area contributed by atoms with Crippen LogP contribution in [0.5, 0.6) is 5.75 Å². The van der Waals surface area contributed by atoms with Crippen molar-refractivity contribution in [2.24, 2.45) is 0 Å². The topological polar surface area (TPSA) is 38.3 Å². The van der Waals surface area contributed by atoms with Gasteiger partial charge >= 0.3 is 173 Å². The molecular formula is C22H18F3NO2Se. The van der Waals surface area contributed by atoms with E-state index in [1.54, 1.807) is 43.5 Å². The number of anilines is 1. The first-order valence-corrected chi connectivity index (χ1v) is 10.8. The van der Waals surface area contributed by atoms with Gasteiger partial charge in [0.2, 0.25) is 0 Å². The Morgan fingerprint density at radius 1 is 0.966 bits per heavy atom. The van der Waals surface area contributed by atoms with E-state index < -0.39 is 11.7 Å². The number of carbonyl (C=O) groups excluding carboxylic acids is 1. The fourth-order valence-electron chi connectivity index (χ4n) is 2.60. The van der Waals surface area contributed by atoms with Gasteiger partial charge in [-0.05, 0) is 0 Å². The number of ether oxygens (including phenoxy) is 1. The number of amides is 1. The first-order chi connectivity index (χ1) is 13.9. The summed E-state index contributed by atoms with van der Waals surface area (Å²) < 4.78 is 44.1. The van der Waals surface area contributed by atoms with E-state index in [4.69, 9.17) is 4.74 Å². The zero-order chi connectivity index (χ0) is 20.9. The molecule has 0 heterocycles. The molecule has 3 aromatic rings. The molecule has 29 heavy (non-hydrogen) atoms. The van der Waals surface area contributed by atoms with E-state index >= 15 is 0 Å². The molecule has 150 valence electrons. The van der Waals surface area contributed by atoms with Crippen LogP contribution in [0.25, 0.3) is 0 Å². The number of halogens is 3. The minimum absolute atomic E-state index is 0.104. The Kier molecular flexibility index (Phi) is 6.62. The van der Waals surface area contributed by atoms with Crippen LogP contribution < -0.4 is 14.5 Å². The van der Waals surface area contributed by atoms with Gasteiger partial charge in [-0.15, -0.1) is 0 Å². The van der Waals surface area contributed by atoms with Gasteiger partial charge in [0.25, 0.3) is 0 Å². The van der Waals surface area contributed by atoms with E-state index in [9.17, 15) is 18.0 Å². The van der Waals surface area contributed by atoms with E-state index in [1.165, 1.54) is 12.1 Å². The average molecular weight is 464 g/mol. The van der Waals surface area contributed by atoms with Gasteiger partial charge in [-0.1, -0.05) is 0 Å². The van der Waals surface area contributed by atoms with Crippen molar-refractivity contribution in [3.05, 3.63) is 89.5 Å². The van der Waals surface area contributed by atoms with E-state index in [1.807, 2.05) is 12.1 Å². The Bertz CT molecular complexity index is 971. The number of carbonyl (C=O) groups is 1. The van der Waals surface area contributed by atoms with Crippen molar-refractivity contribution in [2.75, 3.05) is 12.4 Å². The number of benzene rings is 3. The predicted octanol–water partition coefficient (Wildman–Crippen LogP) is 4.50. The van der Waals surface area contributed by atoms with Crippen LogP contribution >= 0.6 is 0 Å².